The number of carbonyl (C=O) groups is 2. The van der Waals surface area contributed by atoms with Crippen molar-refractivity contribution in [2.24, 2.45) is 10.3 Å². The number of nitrogens with zero attached hydrogens (tertiary/aromatic N) is 4. The van der Waals surface area contributed by atoms with Crippen molar-refractivity contribution in [3.05, 3.63) is 0 Å². The number of oxime groups is 2. The molecule has 8 nitrogen and oxygen atoms in total. The number of hydrogen-bond donors (Lipinski definition) is 0. The lowest BCUT2D eigenvalue weighted by molar-refractivity contribution is 0.131. The average molecular weight is 471 g/mol. The molecule has 27 heavy (non-hydrogen) atoms. The van der Waals surface area contributed by atoms with Crippen molar-refractivity contribution in [1.82, 2.24) is 8.61 Å². The zero-order valence-electron chi connectivity index (χ0n) is 15.9. The van der Waals surface area contributed by atoms with Gasteiger partial charge in [-0.3, -0.25) is 9.68 Å². The van der Waals surface area contributed by atoms with Gasteiger partial charge in [0.15, 0.2) is 0 Å². The Labute approximate surface area is 180 Å². The number of amides is 2. The molecule has 0 aliphatic carbocycles. The van der Waals surface area contributed by atoms with Crippen LogP contribution in [-0.2, 0) is 9.68 Å². The standard InChI is InChI=1S/C14H22N4O4S5/c1-13(2)9(23-7-25-13)15-21-11(19)17(5)27-18(6)12(20)22-16-10-14(3,4)26-8-24-10/h7-8H2,1-6H3. The van der Waals surface area contributed by atoms with Gasteiger partial charge in [-0.25, -0.2) is 18.2 Å². The molecule has 0 N–H and O–H groups in total. The maximum atomic E-state index is 12.1. The molecule has 0 aromatic heterocycles. The summed E-state index contributed by atoms with van der Waals surface area (Å²) in [5, 5.41) is 11.2. The van der Waals surface area contributed by atoms with Crippen molar-refractivity contribution in [3.63, 3.8) is 0 Å². The first-order chi connectivity index (χ1) is 12.5. The molecule has 0 spiro atoms. The molecule has 0 saturated carbocycles. The van der Waals surface area contributed by atoms with Crippen LogP contribution in [0.3, 0.4) is 0 Å². The third-order valence-corrected chi connectivity index (χ3v) is 9.91. The highest BCUT2D eigenvalue weighted by molar-refractivity contribution is 8.30. The quantitative estimate of drug-likeness (QED) is 0.328. The van der Waals surface area contributed by atoms with Crippen LogP contribution in [0.4, 0.5) is 9.59 Å². The van der Waals surface area contributed by atoms with E-state index in [2.05, 4.69) is 10.3 Å². The Balaban J connectivity index is 1.82. The monoisotopic (exact) mass is 470 g/mol. The van der Waals surface area contributed by atoms with E-state index in [0.29, 0.717) is 0 Å². The van der Waals surface area contributed by atoms with E-state index in [1.54, 1.807) is 47.0 Å². The van der Waals surface area contributed by atoms with Crippen LogP contribution in [-0.4, -0.2) is 64.6 Å². The molecular formula is C14H22N4O4S5. The largest absolute Gasteiger partial charge is 0.447 e. The van der Waals surface area contributed by atoms with E-state index in [9.17, 15) is 9.59 Å². The molecule has 2 aliphatic heterocycles. The van der Waals surface area contributed by atoms with Gasteiger partial charge >= 0.3 is 12.2 Å². The van der Waals surface area contributed by atoms with E-state index in [4.69, 9.17) is 9.68 Å². The van der Waals surface area contributed by atoms with Gasteiger partial charge in [-0.2, -0.15) is 0 Å². The van der Waals surface area contributed by atoms with Crippen LogP contribution in [0.2, 0.25) is 0 Å². The molecule has 2 rings (SSSR count). The second-order valence-electron chi connectivity index (χ2n) is 6.42. The maximum absolute atomic E-state index is 12.1. The molecule has 0 aromatic rings. The van der Waals surface area contributed by atoms with Crippen molar-refractivity contribution >= 4 is 81.5 Å². The predicted molar refractivity (Wildman–Crippen MR) is 119 cm³/mol. The molecule has 0 radical (unpaired) electrons. The second kappa shape index (κ2) is 9.42. The summed E-state index contributed by atoms with van der Waals surface area (Å²) in [5.41, 5.74) is 0. The van der Waals surface area contributed by atoms with Crippen LogP contribution in [0.1, 0.15) is 27.7 Å². The smallest absolute Gasteiger partial charge is 0.296 e. The first-order valence-electron chi connectivity index (χ1n) is 7.81. The van der Waals surface area contributed by atoms with Crippen molar-refractivity contribution in [2.75, 3.05) is 24.3 Å². The molecule has 152 valence electrons. The highest BCUT2D eigenvalue weighted by Crippen LogP contribution is 2.42. The minimum absolute atomic E-state index is 0.166. The fourth-order valence-corrected chi connectivity index (χ4v) is 7.93. The first-order valence-corrected chi connectivity index (χ1v) is 12.5. The average Bonchev–Trinajstić information content (AvgIpc) is 3.10. The first kappa shape index (κ1) is 22.9. The number of carbonyl (C=O) groups excluding carboxylic acids is 2. The maximum Gasteiger partial charge on any atom is 0.447 e. The van der Waals surface area contributed by atoms with Crippen LogP contribution in [0.5, 0.6) is 0 Å². The van der Waals surface area contributed by atoms with E-state index in [-0.39, 0.29) is 9.49 Å². The SMILES string of the molecule is CN(SN(C)C(=O)ON=C1SCSC1(C)C)C(=O)ON=C1SCSC1(C)C. The summed E-state index contributed by atoms with van der Waals surface area (Å²) in [4.78, 5) is 34.1. The van der Waals surface area contributed by atoms with E-state index in [1.165, 1.54) is 14.1 Å². The molecule has 2 saturated heterocycles. The van der Waals surface area contributed by atoms with Crippen LogP contribution >= 0.6 is 59.2 Å². The van der Waals surface area contributed by atoms with Crippen molar-refractivity contribution in [2.45, 2.75) is 37.2 Å². The number of thioether (sulfide) groups is 4. The Hall–Kier alpha value is -0.370. The number of rotatable bonds is 4. The molecule has 13 heteroatoms. The molecule has 0 atom stereocenters. The highest BCUT2D eigenvalue weighted by Gasteiger charge is 2.34. The third-order valence-electron chi connectivity index (χ3n) is 3.43. The van der Waals surface area contributed by atoms with Gasteiger partial charge in [-0.1, -0.05) is 33.8 Å². The predicted octanol–water partition coefficient (Wildman–Crippen LogP) is 4.75. The topological polar surface area (TPSA) is 83.8 Å². The lowest BCUT2D eigenvalue weighted by atomic mass is 10.2. The lowest BCUT2D eigenvalue weighted by Crippen LogP contribution is -2.29. The summed E-state index contributed by atoms with van der Waals surface area (Å²) < 4.78 is 1.98. The van der Waals surface area contributed by atoms with E-state index in [0.717, 1.165) is 41.0 Å². The van der Waals surface area contributed by atoms with Gasteiger partial charge in [0, 0.05) is 24.3 Å². The molecule has 2 fully saturated rings. The summed E-state index contributed by atoms with van der Waals surface area (Å²) in [5.74, 6) is 0. The van der Waals surface area contributed by atoms with Gasteiger partial charge in [0.1, 0.15) is 10.1 Å². The van der Waals surface area contributed by atoms with Gasteiger partial charge in [-0.05, 0) is 27.7 Å². The Morgan fingerprint density at radius 3 is 1.56 bits per heavy atom. The van der Waals surface area contributed by atoms with Crippen molar-refractivity contribution in [1.29, 1.82) is 0 Å². The molecule has 2 heterocycles. The minimum Gasteiger partial charge on any atom is -0.296 e. The molecule has 0 bridgehead atoms. The Kier molecular flexibility index (Phi) is 7.99. The van der Waals surface area contributed by atoms with Gasteiger partial charge < -0.3 is 0 Å². The van der Waals surface area contributed by atoms with Crippen molar-refractivity contribution in [3.8, 4) is 0 Å². The van der Waals surface area contributed by atoms with E-state index >= 15 is 0 Å². The van der Waals surface area contributed by atoms with Gasteiger partial charge in [0.05, 0.1) is 21.6 Å². The molecule has 2 amide bonds. The lowest BCUT2D eigenvalue weighted by Gasteiger charge is -2.20. The zero-order chi connectivity index (χ0) is 20.2. The zero-order valence-corrected chi connectivity index (χ0v) is 20.0. The van der Waals surface area contributed by atoms with Crippen LogP contribution in [0, 0.1) is 0 Å². The number of hydrogen-bond acceptors (Lipinski definition) is 11. The normalized spacial score (nSPS) is 23.5. The molecule has 2 aliphatic rings. The summed E-state index contributed by atoms with van der Waals surface area (Å²) in [6.45, 7) is 8.10. The van der Waals surface area contributed by atoms with Crippen LogP contribution < -0.4 is 0 Å². The van der Waals surface area contributed by atoms with Gasteiger partial charge in [0.25, 0.3) is 0 Å². The molecule has 0 aromatic carbocycles. The molecule has 0 unspecified atom stereocenters. The minimum atomic E-state index is -0.685. The molecular weight excluding hydrogens is 449 g/mol. The summed E-state index contributed by atoms with van der Waals surface area (Å²) in [7, 11) is 2.97. The third kappa shape index (κ3) is 6.31. The fraction of sp³-hybridized carbons (Fsp3) is 0.714. The van der Waals surface area contributed by atoms with E-state index < -0.39 is 12.2 Å². The highest BCUT2D eigenvalue weighted by atomic mass is 32.2. The second-order valence-corrected chi connectivity index (χ2v) is 13.5. The Morgan fingerprint density at radius 2 is 1.26 bits per heavy atom. The van der Waals surface area contributed by atoms with Crippen LogP contribution in [0.25, 0.3) is 0 Å². The summed E-state index contributed by atoms with van der Waals surface area (Å²) >= 11 is 7.40. The Morgan fingerprint density at radius 1 is 0.889 bits per heavy atom. The van der Waals surface area contributed by atoms with E-state index in [1.807, 2.05) is 27.7 Å². The fourth-order valence-electron chi connectivity index (χ4n) is 1.74. The Bertz CT molecular complexity index is 601. The van der Waals surface area contributed by atoms with Gasteiger partial charge in [-0.15, -0.1) is 23.5 Å². The summed E-state index contributed by atoms with van der Waals surface area (Å²) in [6.07, 6.45) is -1.37. The van der Waals surface area contributed by atoms with Gasteiger partial charge in [0.2, 0.25) is 0 Å². The van der Waals surface area contributed by atoms with Crippen LogP contribution in [0.15, 0.2) is 10.3 Å². The van der Waals surface area contributed by atoms with Crippen molar-refractivity contribution < 1.29 is 19.3 Å². The summed E-state index contributed by atoms with van der Waals surface area (Å²) in [6, 6.07) is 0.